The summed E-state index contributed by atoms with van der Waals surface area (Å²) in [6.07, 6.45) is 2.30. The predicted molar refractivity (Wildman–Crippen MR) is 89.5 cm³/mol. The monoisotopic (exact) mass is 392 g/mol. The third kappa shape index (κ3) is 4.03. The molecule has 0 aliphatic carbocycles. The third-order valence-corrected chi connectivity index (χ3v) is 4.61. The van der Waals surface area contributed by atoms with Gasteiger partial charge in [0.1, 0.15) is 17.2 Å². The first-order valence-electron chi connectivity index (χ1n) is 7.41. The molecule has 27 heavy (non-hydrogen) atoms. The summed E-state index contributed by atoms with van der Waals surface area (Å²) in [5, 5.41) is 14.8. The molecule has 11 heteroatoms. The molecule has 0 aliphatic rings. The minimum Gasteiger partial charge on any atom is -0.461 e. The molecule has 10 nitrogen and oxygen atoms in total. The number of hydrogen-bond acceptors (Lipinski definition) is 9. The van der Waals surface area contributed by atoms with Crippen LogP contribution >= 0.6 is 0 Å². The fourth-order valence-corrected chi connectivity index (χ4v) is 3.07. The van der Waals surface area contributed by atoms with Crippen LogP contribution in [-0.2, 0) is 21.2 Å². The Bertz CT molecular complexity index is 1100. The van der Waals surface area contributed by atoms with Crippen LogP contribution in [0.4, 0.5) is 5.69 Å². The zero-order valence-electron chi connectivity index (χ0n) is 13.8. The molecule has 0 atom stereocenters. The Labute approximate surface area is 152 Å². The zero-order chi connectivity index (χ0) is 19.6. The van der Waals surface area contributed by atoms with Gasteiger partial charge < -0.3 is 13.7 Å². The van der Waals surface area contributed by atoms with E-state index >= 15 is 0 Å². The lowest BCUT2D eigenvalue weighted by Crippen LogP contribution is -2.08. The highest BCUT2D eigenvalue weighted by Gasteiger charge is 2.24. The minimum absolute atomic E-state index is 0.163. The fraction of sp³-hybridized carbons (Fsp3) is 0.125. The number of nitro groups is 1. The highest BCUT2D eigenvalue weighted by atomic mass is 32.2. The van der Waals surface area contributed by atoms with Gasteiger partial charge in [0.15, 0.2) is 15.6 Å². The van der Waals surface area contributed by atoms with Gasteiger partial charge in [-0.05, 0) is 24.3 Å². The Balaban J connectivity index is 1.75. The van der Waals surface area contributed by atoms with E-state index in [1.165, 1.54) is 12.3 Å². The van der Waals surface area contributed by atoms with E-state index in [9.17, 15) is 23.3 Å². The number of rotatable bonds is 6. The first-order chi connectivity index (χ1) is 12.8. The molecule has 0 aliphatic heterocycles. The molecule has 3 aromatic rings. The van der Waals surface area contributed by atoms with Crippen molar-refractivity contribution in [2.24, 2.45) is 0 Å². The van der Waals surface area contributed by atoms with Gasteiger partial charge in [0.25, 0.3) is 5.69 Å². The Morgan fingerprint density at radius 1 is 1.26 bits per heavy atom. The van der Waals surface area contributed by atoms with Gasteiger partial charge in [0.05, 0.1) is 16.7 Å². The maximum absolute atomic E-state index is 12.1. The Kier molecular flexibility index (Phi) is 4.77. The van der Waals surface area contributed by atoms with E-state index < -0.39 is 31.3 Å². The van der Waals surface area contributed by atoms with Gasteiger partial charge in [-0.1, -0.05) is 5.16 Å². The van der Waals surface area contributed by atoms with Gasteiger partial charge in [-0.3, -0.25) is 10.1 Å². The minimum atomic E-state index is -3.82. The van der Waals surface area contributed by atoms with E-state index in [0.29, 0.717) is 17.2 Å². The molecule has 3 rings (SSSR count). The number of carbonyl (C=O) groups excluding carboxylic acids is 1. The van der Waals surface area contributed by atoms with Gasteiger partial charge in [-0.25, -0.2) is 13.2 Å². The van der Waals surface area contributed by atoms with Gasteiger partial charge in [-0.2, -0.15) is 0 Å². The first kappa shape index (κ1) is 18.3. The van der Waals surface area contributed by atoms with Gasteiger partial charge in [0, 0.05) is 18.4 Å². The van der Waals surface area contributed by atoms with Crippen LogP contribution < -0.4 is 0 Å². The second-order valence-electron chi connectivity index (χ2n) is 5.45. The fourth-order valence-electron chi connectivity index (χ4n) is 2.24. The van der Waals surface area contributed by atoms with Crippen molar-refractivity contribution in [1.82, 2.24) is 5.16 Å². The lowest BCUT2D eigenvalue weighted by Gasteiger charge is -2.05. The van der Waals surface area contributed by atoms with Crippen molar-refractivity contribution in [3.63, 3.8) is 0 Å². The van der Waals surface area contributed by atoms with E-state index in [0.717, 1.165) is 24.5 Å². The van der Waals surface area contributed by atoms with Crippen LogP contribution in [0, 0.1) is 10.1 Å². The SMILES string of the molecule is CS(=O)(=O)c1ccc(C(=O)OCc2cc(-c3ccco3)on2)cc1[N+](=O)[O-]. The summed E-state index contributed by atoms with van der Waals surface area (Å²) < 4.78 is 38.5. The molecule has 2 aromatic heterocycles. The van der Waals surface area contributed by atoms with Crippen LogP contribution in [0.15, 0.2) is 56.5 Å². The van der Waals surface area contributed by atoms with Gasteiger partial charge in [-0.15, -0.1) is 0 Å². The molecule has 0 fully saturated rings. The number of furan rings is 1. The molecule has 0 N–H and O–H groups in total. The number of sulfone groups is 1. The standard InChI is InChI=1S/C16H12N2O8S/c1-27(22,23)15-5-4-10(7-12(15)18(20)21)16(19)25-9-11-8-14(26-17-11)13-3-2-6-24-13/h2-8H,9H2,1H3. The second-order valence-corrected chi connectivity index (χ2v) is 7.43. The average Bonchev–Trinajstić information content (AvgIpc) is 3.29. The summed E-state index contributed by atoms with van der Waals surface area (Å²) in [4.78, 5) is 21.9. The molecule has 140 valence electrons. The van der Waals surface area contributed by atoms with Crippen LogP contribution in [0.3, 0.4) is 0 Å². The molecule has 0 radical (unpaired) electrons. The molecule has 0 amide bonds. The molecule has 0 bridgehead atoms. The van der Waals surface area contributed by atoms with Crippen molar-refractivity contribution in [2.45, 2.75) is 11.5 Å². The van der Waals surface area contributed by atoms with Crippen molar-refractivity contribution in [1.29, 1.82) is 0 Å². The number of nitrogens with zero attached hydrogens (tertiary/aromatic N) is 2. The van der Waals surface area contributed by atoms with E-state index in [1.807, 2.05) is 0 Å². The quantitative estimate of drug-likeness (QED) is 0.351. The van der Waals surface area contributed by atoms with E-state index in [2.05, 4.69) is 5.16 Å². The van der Waals surface area contributed by atoms with Gasteiger partial charge >= 0.3 is 5.97 Å². The number of hydrogen-bond donors (Lipinski definition) is 0. The molecule has 2 heterocycles. The number of benzene rings is 1. The highest BCUT2D eigenvalue weighted by molar-refractivity contribution is 7.90. The lowest BCUT2D eigenvalue weighted by molar-refractivity contribution is -0.387. The van der Waals surface area contributed by atoms with Crippen LogP contribution in [0.1, 0.15) is 16.1 Å². The van der Waals surface area contributed by atoms with Crippen molar-refractivity contribution in [3.05, 3.63) is 64.0 Å². The first-order valence-corrected chi connectivity index (χ1v) is 9.30. The predicted octanol–water partition coefficient (Wildman–Crippen LogP) is 2.60. The number of ether oxygens (including phenoxy) is 1. The maximum Gasteiger partial charge on any atom is 0.338 e. The highest BCUT2D eigenvalue weighted by Crippen LogP contribution is 2.26. The summed E-state index contributed by atoms with van der Waals surface area (Å²) in [6.45, 7) is -0.245. The van der Waals surface area contributed by atoms with Crippen LogP contribution in [0.2, 0.25) is 0 Å². The number of nitro benzene ring substituents is 1. The molecular weight excluding hydrogens is 380 g/mol. The summed E-state index contributed by atoms with van der Waals surface area (Å²) in [5.74, 6) is -0.0769. The summed E-state index contributed by atoms with van der Waals surface area (Å²) in [6, 6.07) is 7.85. The smallest absolute Gasteiger partial charge is 0.338 e. The van der Waals surface area contributed by atoms with Crippen molar-refractivity contribution >= 4 is 21.5 Å². The normalized spacial score (nSPS) is 11.3. The van der Waals surface area contributed by atoms with E-state index in [-0.39, 0.29) is 12.2 Å². The molecule has 0 unspecified atom stereocenters. The Hall–Kier alpha value is -3.47. The molecule has 0 saturated heterocycles. The second kappa shape index (κ2) is 7.03. The lowest BCUT2D eigenvalue weighted by atomic mass is 10.2. The van der Waals surface area contributed by atoms with Crippen molar-refractivity contribution in [3.8, 4) is 11.5 Å². The molecular formula is C16H12N2O8S. The summed E-state index contributed by atoms with van der Waals surface area (Å²) >= 11 is 0. The Morgan fingerprint density at radius 2 is 2.04 bits per heavy atom. The number of aromatic nitrogens is 1. The summed E-state index contributed by atoms with van der Waals surface area (Å²) in [5.41, 5.74) is -0.561. The van der Waals surface area contributed by atoms with Crippen LogP contribution in [0.25, 0.3) is 11.5 Å². The van der Waals surface area contributed by atoms with E-state index in [4.69, 9.17) is 13.7 Å². The maximum atomic E-state index is 12.1. The molecule has 0 spiro atoms. The van der Waals surface area contributed by atoms with Crippen LogP contribution in [-0.4, -0.2) is 30.7 Å². The van der Waals surface area contributed by atoms with E-state index in [1.54, 1.807) is 12.1 Å². The van der Waals surface area contributed by atoms with Crippen molar-refractivity contribution in [2.75, 3.05) is 6.26 Å². The topological polar surface area (TPSA) is 143 Å². The zero-order valence-corrected chi connectivity index (χ0v) is 14.6. The Morgan fingerprint density at radius 3 is 2.67 bits per heavy atom. The number of carbonyl (C=O) groups is 1. The molecule has 1 aromatic carbocycles. The van der Waals surface area contributed by atoms with Crippen LogP contribution in [0.5, 0.6) is 0 Å². The average molecular weight is 392 g/mol. The van der Waals surface area contributed by atoms with Gasteiger partial charge in [0.2, 0.25) is 5.76 Å². The largest absolute Gasteiger partial charge is 0.461 e. The third-order valence-electron chi connectivity index (χ3n) is 3.46. The number of esters is 1. The summed E-state index contributed by atoms with van der Waals surface area (Å²) in [7, 11) is -3.82. The van der Waals surface area contributed by atoms with Crippen molar-refractivity contribution < 1.29 is 31.8 Å². The molecule has 0 saturated carbocycles.